The molecule has 5 heteroatoms. The Morgan fingerprint density at radius 3 is 2.48 bits per heavy atom. The quantitative estimate of drug-likeness (QED) is 0.446. The summed E-state index contributed by atoms with van der Waals surface area (Å²) in [6, 6.07) is 20.7. The fourth-order valence-corrected chi connectivity index (χ4v) is 3.20. The standard InChI is InChI=1S/C24H25ClFNO2/c1-3-28-24-13-18(15-27-17(2)19-7-5-4-6-8-19)9-12-23(24)29-16-20-10-11-21(26)14-22(20)25/h4-14,17,27H,3,15-16H2,1-2H3/t17-/m1/s1. The molecule has 152 valence electrons. The Bertz CT molecular complexity index is 933. The highest BCUT2D eigenvalue weighted by Crippen LogP contribution is 2.30. The SMILES string of the molecule is CCOc1cc(CN[C@H](C)c2ccccc2)ccc1OCc1ccc(F)cc1Cl. The molecule has 0 amide bonds. The molecule has 3 aromatic carbocycles. The van der Waals surface area contributed by atoms with Crippen LogP contribution in [0.2, 0.25) is 5.02 Å². The van der Waals surface area contributed by atoms with Crippen molar-refractivity contribution in [3.63, 3.8) is 0 Å². The van der Waals surface area contributed by atoms with Crippen molar-refractivity contribution < 1.29 is 13.9 Å². The number of hydrogen-bond donors (Lipinski definition) is 1. The van der Waals surface area contributed by atoms with Crippen molar-refractivity contribution in [2.45, 2.75) is 33.0 Å². The van der Waals surface area contributed by atoms with Gasteiger partial charge >= 0.3 is 0 Å². The number of hydrogen-bond acceptors (Lipinski definition) is 3. The van der Waals surface area contributed by atoms with Gasteiger partial charge in [-0.25, -0.2) is 4.39 Å². The predicted octanol–water partition coefficient (Wildman–Crippen LogP) is 6.31. The Kier molecular flexibility index (Phi) is 7.50. The molecule has 3 rings (SSSR count). The summed E-state index contributed by atoms with van der Waals surface area (Å²) in [5, 5.41) is 3.87. The second kappa shape index (κ2) is 10.3. The summed E-state index contributed by atoms with van der Waals surface area (Å²) in [7, 11) is 0. The predicted molar refractivity (Wildman–Crippen MR) is 115 cm³/mol. The highest BCUT2D eigenvalue weighted by molar-refractivity contribution is 6.31. The van der Waals surface area contributed by atoms with Gasteiger partial charge in [0.25, 0.3) is 0 Å². The molecule has 0 saturated heterocycles. The van der Waals surface area contributed by atoms with Gasteiger partial charge in [-0.3, -0.25) is 0 Å². The number of benzene rings is 3. The first-order valence-corrected chi connectivity index (χ1v) is 10.1. The van der Waals surface area contributed by atoms with Gasteiger partial charge in [0.1, 0.15) is 12.4 Å². The lowest BCUT2D eigenvalue weighted by molar-refractivity contribution is 0.269. The molecule has 0 aliphatic heterocycles. The third-order valence-electron chi connectivity index (χ3n) is 4.62. The van der Waals surface area contributed by atoms with Crippen LogP contribution in [-0.4, -0.2) is 6.61 Å². The zero-order chi connectivity index (χ0) is 20.6. The summed E-state index contributed by atoms with van der Waals surface area (Å²) >= 11 is 6.08. The molecule has 0 fully saturated rings. The van der Waals surface area contributed by atoms with E-state index in [2.05, 4.69) is 24.4 Å². The molecular formula is C24H25ClFNO2. The summed E-state index contributed by atoms with van der Waals surface area (Å²) in [6.07, 6.45) is 0. The summed E-state index contributed by atoms with van der Waals surface area (Å²) in [5.41, 5.74) is 3.06. The average Bonchev–Trinajstić information content (AvgIpc) is 2.73. The van der Waals surface area contributed by atoms with Gasteiger partial charge < -0.3 is 14.8 Å². The Balaban J connectivity index is 1.66. The smallest absolute Gasteiger partial charge is 0.161 e. The fourth-order valence-electron chi connectivity index (χ4n) is 2.97. The molecule has 0 aliphatic carbocycles. The molecule has 0 saturated carbocycles. The van der Waals surface area contributed by atoms with Crippen LogP contribution in [0.3, 0.4) is 0 Å². The molecule has 0 bridgehead atoms. The zero-order valence-electron chi connectivity index (χ0n) is 16.6. The van der Waals surface area contributed by atoms with Crippen molar-refractivity contribution in [3.8, 4) is 11.5 Å². The van der Waals surface area contributed by atoms with Crippen LogP contribution in [0.15, 0.2) is 66.7 Å². The number of rotatable bonds is 9. The van der Waals surface area contributed by atoms with E-state index in [4.69, 9.17) is 21.1 Å². The third kappa shape index (κ3) is 5.96. The summed E-state index contributed by atoms with van der Waals surface area (Å²) in [6.45, 7) is 5.55. The van der Waals surface area contributed by atoms with Crippen LogP contribution in [0.1, 0.15) is 36.6 Å². The Morgan fingerprint density at radius 2 is 1.76 bits per heavy atom. The maximum atomic E-state index is 13.2. The van der Waals surface area contributed by atoms with Gasteiger partial charge in [-0.1, -0.05) is 54.1 Å². The van der Waals surface area contributed by atoms with E-state index in [1.54, 1.807) is 6.07 Å². The minimum absolute atomic E-state index is 0.238. The van der Waals surface area contributed by atoms with Gasteiger partial charge in [0, 0.05) is 18.2 Å². The van der Waals surface area contributed by atoms with Gasteiger partial charge in [-0.2, -0.15) is 0 Å². The fraction of sp³-hybridized carbons (Fsp3) is 0.250. The van der Waals surface area contributed by atoms with E-state index in [0.717, 1.165) is 11.1 Å². The molecule has 0 aromatic heterocycles. The average molecular weight is 414 g/mol. The van der Waals surface area contributed by atoms with E-state index in [9.17, 15) is 4.39 Å². The van der Waals surface area contributed by atoms with Crippen LogP contribution >= 0.6 is 11.6 Å². The summed E-state index contributed by atoms with van der Waals surface area (Å²) in [4.78, 5) is 0. The van der Waals surface area contributed by atoms with E-state index in [0.29, 0.717) is 29.7 Å². The number of halogens is 2. The largest absolute Gasteiger partial charge is 0.490 e. The molecule has 0 unspecified atom stereocenters. The van der Waals surface area contributed by atoms with E-state index in [1.165, 1.54) is 17.7 Å². The van der Waals surface area contributed by atoms with E-state index in [-0.39, 0.29) is 18.5 Å². The molecule has 0 heterocycles. The number of ether oxygens (including phenoxy) is 2. The van der Waals surface area contributed by atoms with Gasteiger partial charge in [0.2, 0.25) is 0 Å². The molecule has 3 nitrogen and oxygen atoms in total. The monoisotopic (exact) mass is 413 g/mol. The maximum Gasteiger partial charge on any atom is 0.161 e. The lowest BCUT2D eigenvalue weighted by atomic mass is 10.1. The Hall–Kier alpha value is -2.56. The Labute approximate surface area is 176 Å². The van der Waals surface area contributed by atoms with E-state index >= 15 is 0 Å². The van der Waals surface area contributed by atoms with Crippen molar-refractivity contribution in [1.82, 2.24) is 5.32 Å². The summed E-state index contributed by atoms with van der Waals surface area (Å²) in [5.74, 6) is 0.944. The molecule has 1 atom stereocenters. The maximum absolute atomic E-state index is 13.2. The van der Waals surface area contributed by atoms with Crippen molar-refractivity contribution in [2.75, 3.05) is 6.61 Å². The molecular weight excluding hydrogens is 389 g/mol. The van der Waals surface area contributed by atoms with Gasteiger partial charge in [0.15, 0.2) is 11.5 Å². The van der Waals surface area contributed by atoms with Crippen molar-refractivity contribution in [2.24, 2.45) is 0 Å². The van der Waals surface area contributed by atoms with Crippen LogP contribution in [-0.2, 0) is 13.2 Å². The van der Waals surface area contributed by atoms with Crippen LogP contribution in [0.25, 0.3) is 0 Å². The first-order valence-electron chi connectivity index (χ1n) is 9.67. The third-order valence-corrected chi connectivity index (χ3v) is 4.97. The molecule has 3 aromatic rings. The lowest BCUT2D eigenvalue weighted by Crippen LogP contribution is -2.18. The van der Waals surface area contributed by atoms with Gasteiger partial charge in [0.05, 0.1) is 11.6 Å². The second-order valence-electron chi connectivity index (χ2n) is 6.75. The number of nitrogens with one attached hydrogen (secondary N) is 1. The minimum Gasteiger partial charge on any atom is -0.490 e. The van der Waals surface area contributed by atoms with E-state index < -0.39 is 0 Å². The van der Waals surface area contributed by atoms with Gasteiger partial charge in [-0.05, 0) is 49.2 Å². The normalized spacial score (nSPS) is 11.9. The van der Waals surface area contributed by atoms with Crippen molar-refractivity contribution in [1.29, 1.82) is 0 Å². The molecule has 0 radical (unpaired) electrons. The van der Waals surface area contributed by atoms with Crippen molar-refractivity contribution >= 4 is 11.6 Å². The Morgan fingerprint density at radius 1 is 0.966 bits per heavy atom. The first kappa shape index (κ1) is 21.2. The second-order valence-corrected chi connectivity index (χ2v) is 7.16. The highest BCUT2D eigenvalue weighted by Gasteiger charge is 2.10. The van der Waals surface area contributed by atoms with Gasteiger partial charge in [-0.15, -0.1) is 0 Å². The van der Waals surface area contributed by atoms with E-state index in [1.807, 2.05) is 43.3 Å². The lowest BCUT2D eigenvalue weighted by Gasteiger charge is -2.17. The highest BCUT2D eigenvalue weighted by atomic mass is 35.5. The van der Waals surface area contributed by atoms with Crippen LogP contribution in [0.5, 0.6) is 11.5 Å². The molecule has 1 N–H and O–H groups in total. The molecule has 0 aliphatic rings. The zero-order valence-corrected chi connectivity index (χ0v) is 17.4. The topological polar surface area (TPSA) is 30.5 Å². The van der Waals surface area contributed by atoms with Crippen LogP contribution in [0, 0.1) is 5.82 Å². The molecule has 0 spiro atoms. The first-order chi connectivity index (χ1) is 14.1. The molecule has 29 heavy (non-hydrogen) atoms. The summed E-state index contributed by atoms with van der Waals surface area (Å²) < 4.78 is 24.9. The van der Waals surface area contributed by atoms with Crippen LogP contribution < -0.4 is 14.8 Å². The van der Waals surface area contributed by atoms with Crippen molar-refractivity contribution in [3.05, 3.63) is 94.3 Å². The van der Waals surface area contributed by atoms with Crippen LogP contribution in [0.4, 0.5) is 4.39 Å². The minimum atomic E-state index is -0.365.